The van der Waals surface area contributed by atoms with Gasteiger partial charge in [-0.2, -0.15) is 4.68 Å². The molecule has 0 aliphatic rings. The second kappa shape index (κ2) is 3.95. The number of benzene rings is 1. The molecule has 0 aliphatic heterocycles. The van der Waals surface area contributed by atoms with Gasteiger partial charge in [0.15, 0.2) is 5.69 Å². The number of nitrogens with zero attached hydrogens (tertiary/aromatic N) is 4. The molecule has 78 valence electrons. The van der Waals surface area contributed by atoms with Crippen LogP contribution >= 0.6 is 0 Å². The average Bonchev–Trinajstić information content (AvgIpc) is 2.81. The van der Waals surface area contributed by atoms with E-state index in [1.807, 2.05) is 18.2 Å². The molecule has 1 aromatic heterocycles. The van der Waals surface area contributed by atoms with Crippen LogP contribution in [0.3, 0.4) is 0 Å². The summed E-state index contributed by atoms with van der Waals surface area (Å²) in [4.78, 5) is 0. The van der Waals surface area contributed by atoms with E-state index in [0.717, 1.165) is 0 Å². The zero-order valence-electron chi connectivity index (χ0n) is 8.41. The van der Waals surface area contributed by atoms with Gasteiger partial charge in [-0.05, 0) is 22.6 Å². The van der Waals surface area contributed by atoms with E-state index in [0.29, 0.717) is 17.2 Å². The molecule has 1 aromatic carbocycles. The van der Waals surface area contributed by atoms with Crippen molar-refractivity contribution in [1.82, 2.24) is 20.2 Å². The number of methoxy groups -OCH3 is 2. The average molecular weight is 206 g/mol. The van der Waals surface area contributed by atoms with Gasteiger partial charge in [-0.15, -0.1) is 5.10 Å². The second-order valence-corrected chi connectivity index (χ2v) is 2.77. The van der Waals surface area contributed by atoms with Crippen molar-refractivity contribution >= 4 is 0 Å². The van der Waals surface area contributed by atoms with Crippen molar-refractivity contribution < 1.29 is 9.47 Å². The highest BCUT2D eigenvalue weighted by Crippen LogP contribution is 2.30. The summed E-state index contributed by atoms with van der Waals surface area (Å²) in [6.45, 7) is 0. The third-order valence-electron chi connectivity index (χ3n) is 1.98. The van der Waals surface area contributed by atoms with Crippen molar-refractivity contribution in [1.29, 1.82) is 0 Å². The van der Waals surface area contributed by atoms with Crippen LogP contribution < -0.4 is 9.47 Å². The van der Waals surface area contributed by atoms with Gasteiger partial charge in [0.2, 0.25) is 0 Å². The molecule has 6 heteroatoms. The third kappa shape index (κ3) is 1.61. The maximum Gasteiger partial charge on any atom is 0.152 e. The lowest BCUT2D eigenvalue weighted by Gasteiger charge is -2.11. The summed E-state index contributed by atoms with van der Waals surface area (Å²) in [6, 6.07) is 5.48. The molecular weight excluding hydrogens is 196 g/mol. The Morgan fingerprint density at radius 1 is 1.13 bits per heavy atom. The van der Waals surface area contributed by atoms with E-state index in [1.165, 1.54) is 11.0 Å². The van der Waals surface area contributed by atoms with Crippen LogP contribution in [0.2, 0.25) is 0 Å². The van der Waals surface area contributed by atoms with Gasteiger partial charge in [-0.25, -0.2) is 0 Å². The fourth-order valence-corrected chi connectivity index (χ4v) is 1.32. The minimum Gasteiger partial charge on any atom is -0.494 e. The Bertz CT molecular complexity index is 419. The van der Waals surface area contributed by atoms with Gasteiger partial charge in [-0.3, -0.25) is 0 Å². The maximum absolute atomic E-state index is 5.22. The number of para-hydroxylation sites is 1. The highest BCUT2D eigenvalue weighted by atomic mass is 16.5. The summed E-state index contributed by atoms with van der Waals surface area (Å²) < 4.78 is 11.9. The van der Waals surface area contributed by atoms with Crippen molar-refractivity contribution in [2.24, 2.45) is 0 Å². The molecule has 0 bridgehead atoms. The molecule has 0 spiro atoms. The minimum atomic E-state index is 0.654. The fraction of sp³-hybridized carbons (Fsp3) is 0.222. The van der Waals surface area contributed by atoms with Crippen molar-refractivity contribution in [3.8, 4) is 17.2 Å². The van der Waals surface area contributed by atoms with Gasteiger partial charge in [0.1, 0.15) is 17.8 Å². The lowest BCUT2D eigenvalue weighted by Crippen LogP contribution is -2.01. The SMILES string of the molecule is COc1cccc(OC)c1-n1cnnn1. The molecule has 6 nitrogen and oxygen atoms in total. The predicted octanol–water partition coefficient (Wildman–Crippen LogP) is 0.679. The topological polar surface area (TPSA) is 62.1 Å². The first-order chi connectivity index (χ1) is 7.36. The van der Waals surface area contributed by atoms with Crippen molar-refractivity contribution in [2.45, 2.75) is 0 Å². The lowest BCUT2D eigenvalue weighted by atomic mass is 10.2. The van der Waals surface area contributed by atoms with E-state index < -0.39 is 0 Å². The van der Waals surface area contributed by atoms with Crippen molar-refractivity contribution in [3.05, 3.63) is 24.5 Å². The van der Waals surface area contributed by atoms with E-state index in [9.17, 15) is 0 Å². The van der Waals surface area contributed by atoms with E-state index in [1.54, 1.807) is 14.2 Å². The van der Waals surface area contributed by atoms with Crippen LogP contribution in [0, 0.1) is 0 Å². The third-order valence-corrected chi connectivity index (χ3v) is 1.98. The molecule has 0 saturated carbocycles. The smallest absolute Gasteiger partial charge is 0.152 e. The largest absolute Gasteiger partial charge is 0.494 e. The Hall–Kier alpha value is -2.11. The van der Waals surface area contributed by atoms with Crippen LogP contribution in [0.4, 0.5) is 0 Å². The molecule has 0 aliphatic carbocycles. The Balaban J connectivity index is 2.61. The summed E-state index contributed by atoms with van der Waals surface area (Å²) in [5, 5.41) is 10.9. The van der Waals surface area contributed by atoms with Gasteiger partial charge in [0.05, 0.1) is 14.2 Å². The van der Waals surface area contributed by atoms with Gasteiger partial charge in [-0.1, -0.05) is 6.07 Å². The number of aromatic nitrogens is 4. The summed E-state index contributed by atoms with van der Waals surface area (Å²) in [5.41, 5.74) is 0.688. The molecule has 0 amide bonds. The quantitative estimate of drug-likeness (QED) is 0.739. The van der Waals surface area contributed by atoms with Crippen LogP contribution in [0.1, 0.15) is 0 Å². The first-order valence-electron chi connectivity index (χ1n) is 4.31. The Labute approximate surface area is 86.4 Å². The molecule has 1 heterocycles. The highest BCUT2D eigenvalue weighted by Gasteiger charge is 2.12. The van der Waals surface area contributed by atoms with Gasteiger partial charge < -0.3 is 9.47 Å². The Morgan fingerprint density at radius 2 is 1.80 bits per heavy atom. The van der Waals surface area contributed by atoms with E-state index in [4.69, 9.17) is 9.47 Å². The zero-order chi connectivity index (χ0) is 10.7. The summed E-state index contributed by atoms with van der Waals surface area (Å²) >= 11 is 0. The number of hydrogen-bond acceptors (Lipinski definition) is 5. The molecule has 2 aromatic rings. The molecule has 0 unspecified atom stereocenters. The monoisotopic (exact) mass is 206 g/mol. The summed E-state index contributed by atoms with van der Waals surface area (Å²) in [6.07, 6.45) is 1.49. The minimum absolute atomic E-state index is 0.654. The van der Waals surface area contributed by atoms with Crippen LogP contribution in [-0.2, 0) is 0 Å². The molecular formula is C9H10N4O2. The fourth-order valence-electron chi connectivity index (χ4n) is 1.32. The van der Waals surface area contributed by atoms with Crippen LogP contribution in [-0.4, -0.2) is 34.4 Å². The highest BCUT2D eigenvalue weighted by molar-refractivity contribution is 5.56. The van der Waals surface area contributed by atoms with Crippen molar-refractivity contribution in [2.75, 3.05) is 14.2 Å². The first kappa shape index (κ1) is 9.45. The molecule has 0 radical (unpaired) electrons. The summed E-state index contributed by atoms with van der Waals surface area (Å²) in [7, 11) is 3.17. The Morgan fingerprint density at radius 3 is 2.27 bits per heavy atom. The lowest BCUT2D eigenvalue weighted by molar-refractivity contribution is 0.388. The predicted molar refractivity (Wildman–Crippen MR) is 52.3 cm³/mol. The van der Waals surface area contributed by atoms with Gasteiger partial charge in [0, 0.05) is 0 Å². The molecule has 15 heavy (non-hydrogen) atoms. The first-order valence-corrected chi connectivity index (χ1v) is 4.31. The number of rotatable bonds is 3. The van der Waals surface area contributed by atoms with E-state index in [2.05, 4.69) is 15.5 Å². The van der Waals surface area contributed by atoms with Gasteiger partial charge >= 0.3 is 0 Å². The second-order valence-electron chi connectivity index (χ2n) is 2.77. The van der Waals surface area contributed by atoms with E-state index in [-0.39, 0.29) is 0 Å². The number of hydrogen-bond donors (Lipinski definition) is 0. The molecule has 0 saturated heterocycles. The van der Waals surface area contributed by atoms with Crippen LogP contribution in [0.25, 0.3) is 5.69 Å². The molecule has 0 fully saturated rings. The molecule has 0 N–H and O–H groups in total. The Kier molecular flexibility index (Phi) is 2.49. The van der Waals surface area contributed by atoms with E-state index >= 15 is 0 Å². The van der Waals surface area contributed by atoms with Crippen LogP contribution in [0.5, 0.6) is 11.5 Å². The molecule has 0 atom stereocenters. The molecule has 2 rings (SSSR count). The van der Waals surface area contributed by atoms with Gasteiger partial charge in [0.25, 0.3) is 0 Å². The normalized spacial score (nSPS) is 10.0. The number of ether oxygens (including phenoxy) is 2. The van der Waals surface area contributed by atoms with Crippen molar-refractivity contribution in [3.63, 3.8) is 0 Å². The van der Waals surface area contributed by atoms with Crippen LogP contribution in [0.15, 0.2) is 24.5 Å². The summed E-state index contributed by atoms with van der Waals surface area (Å²) in [5.74, 6) is 1.31. The standard InChI is InChI=1S/C9H10N4O2/c1-14-7-4-3-5-8(15-2)9(7)13-6-10-11-12-13/h3-6H,1-2H3. The zero-order valence-corrected chi connectivity index (χ0v) is 8.41. The maximum atomic E-state index is 5.22. The number of tetrazole rings is 1.